The van der Waals surface area contributed by atoms with Gasteiger partial charge in [0.25, 0.3) is 5.91 Å². The van der Waals surface area contributed by atoms with Crippen LogP contribution in [0.2, 0.25) is 0 Å². The number of nitrogens with one attached hydrogen (secondary N) is 1. The lowest BCUT2D eigenvalue weighted by Gasteiger charge is -2.06. The molecule has 0 spiro atoms. The Morgan fingerprint density at radius 1 is 1.53 bits per heavy atom. The topological polar surface area (TPSA) is 94.2 Å². The zero-order valence-electron chi connectivity index (χ0n) is 9.93. The Bertz CT molecular complexity index is 505. The zero-order chi connectivity index (χ0) is 13.1. The van der Waals surface area contributed by atoms with E-state index in [0.29, 0.717) is 17.9 Å². The van der Waals surface area contributed by atoms with Crippen LogP contribution in [0, 0.1) is 0 Å². The molecule has 0 fully saturated rings. The molecule has 0 atom stereocenters. The van der Waals surface area contributed by atoms with Crippen molar-refractivity contribution in [1.82, 2.24) is 9.88 Å². The minimum atomic E-state index is -3.06. The second kappa shape index (κ2) is 5.22. The van der Waals surface area contributed by atoms with Crippen LogP contribution in [0.3, 0.4) is 0 Å². The maximum Gasteiger partial charge on any atom is 0.268 e. The molecule has 0 aromatic carbocycles. The number of aromatic nitrogens is 1. The number of sulfone groups is 1. The molecule has 1 rings (SSSR count). The zero-order valence-corrected chi connectivity index (χ0v) is 10.8. The third kappa shape index (κ3) is 4.10. The van der Waals surface area contributed by atoms with E-state index in [-0.39, 0.29) is 18.2 Å². The Kier molecular flexibility index (Phi) is 4.17. The maximum absolute atomic E-state index is 11.7. The van der Waals surface area contributed by atoms with Crippen LogP contribution in [-0.4, -0.2) is 37.4 Å². The number of nitrogens with zero attached hydrogens (tertiary/aromatic N) is 1. The second-order valence-corrected chi connectivity index (χ2v) is 6.09. The molecule has 0 aliphatic carbocycles. The van der Waals surface area contributed by atoms with E-state index in [9.17, 15) is 13.2 Å². The number of anilines is 1. The number of hydrogen-bond donors (Lipinski definition) is 2. The van der Waals surface area contributed by atoms with Gasteiger partial charge in [0.1, 0.15) is 15.5 Å². The van der Waals surface area contributed by atoms with Gasteiger partial charge in [-0.3, -0.25) is 4.79 Å². The third-order valence-electron chi connectivity index (χ3n) is 2.25. The number of carbonyl (C=O) groups excluding carboxylic acids is 1. The highest BCUT2D eigenvalue weighted by molar-refractivity contribution is 7.90. The van der Waals surface area contributed by atoms with E-state index in [0.717, 1.165) is 6.26 Å². The fraction of sp³-hybridized carbons (Fsp3) is 0.500. The molecule has 0 radical (unpaired) electrons. The molecule has 1 amide bonds. The monoisotopic (exact) mass is 259 g/mol. The van der Waals surface area contributed by atoms with Gasteiger partial charge >= 0.3 is 0 Å². The van der Waals surface area contributed by atoms with Gasteiger partial charge in [0.2, 0.25) is 0 Å². The van der Waals surface area contributed by atoms with Gasteiger partial charge in [-0.1, -0.05) is 0 Å². The van der Waals surface area contributed by atoms with Gasteiger partial charge in [0, 0.05) is 25.5 Å². The van der Waals surface area contributed by atoms with Crippen molar-refractivity contribution >= 4 is 21.4 Å². The Balaban J connectivity index is 2.64. The third-order valence-corrected chi connectivity index (χ3v) is 3.20. The Morgan fingerprint density at radius 3 is 2.71 bits per heavy atom. The quantitative estimate of drug-likeness (QED) is 0.769. The van der Waals surface area contributed by atoms with Crippen molar-refractivity contribution < 1.29 is 13.2 Å². The lowest BCUT2D eigenvalue weighted by molar-refractivity contribution is 0.0947. The van der Waals surface area contributed by atoms with Crippen molar-refractivity contribution in [1.29, 1.82) is 0 Å². The first-order valence-corrected chi connectivity index (χ1v) is 7.31. The average Bonchev–Trinajstić information content (AvgIpc) is 2.57. The van der Waals surface area contributed by atoms with Crippen molar-refractivity contribution in [2.24, 2.45) is 0 Å². The second-order valence-electron chi connectivity index (χ2n) is 3.83. The number of aryl methyl sites for hydroxylation is 1. The van der Waals surface area contributed by atoms with E-state index in [4.69, 9.17) is 5.73 Å². The molecular weight excluding hydrogens is 242 g/mol. The van der Waals surface area contributed by atoms with Gasteiger partial charge in [-0.25, -0.2) is 8.42 Å². The van der Waals surface area contributed by atoms with Crippen LogP contribution < -0.4 is 11.1 Å². The smallest absolute Gasteiger partial charge is 0.268 e. The summed E-state index contributed by atoms with van der Waals surface area (Å²) in [6, 6.07) is 1.57. The van der Waals surface area contributed by atoms with E-state index in [1.165, 1.54) is 0 Å². The lowest BCUT2D eigenvalue weighted by atomic mass is 10.4. The SMILES string of the molecule is CCn1cc(N)cc1C(=O)NCCS(C)(=O)=O. The van der Waals surface area contributed by atoms with Gasteiger partial charge in [0.05, 0.1) is 11.4 Å². The van der Waals surface area contributed by atoms with Crippen LogP contribution in [-0.2, 0) is 16.4 Å². The highest BCUT2D eigenvalue weighted by atomic mass is 32.2. The van der Waals surface area contributed by atoms with Crippen LogP contribution in [0.4, 0.5) is 5.69 Å². The fourth-order valence-electron chi connectivity index (χ4n) is 1.43. The number of amides is 1. The summed E-state index contributed by atoms with van der Waals surface area (Å²) in [4.78, 5) is 11.7. The summed E-state index contributed by atoms with van der Waals surface area (Å²) in [6.07, 6.45) is 2.80. The predicted molar refractivity (Wildman–Crippen MR) is 66.6 cm³/mol. The Morgan fingerprint density at radius 2 is 2.18 bits per heavy atom. The molecule has 0 unspecified atom stereocenters. The van der Waals surface area contributed by atoms with Crippen LogP contribution in [0.5, 0.6) is 0 Å². The standard InChI is InChI=1S/C10H17N3O3S/c1-3-13-7-8(11)6-9(13)10(14)12-4-5-17(2,15)16/h6-7H,3-5,11H2,1-2H3,(H,12,14). The van der Waals surface area contributed by atoms with E-state index < -0.39 is 9.84 Å². The normalized spacial score (nSPS) is 11.4. The van der Waals surface area contributed by atoms with Crippen molar-refractivity contribution in [2.75, 3.05) is 24.3 Å². The first-order chi connectivity index (χ1) is 7.83. The molecule has 1 aromatic heterocycles. The van der Waals surface area contributed by atoms with E-state index in [2.05, 4.69) is 5.32 Å². The number of nitrogens with two attached hydrogens (primary N) is 1. The summed E-state index contributed by atoms with van der Waals surface area (Å²) in [7, 11) is -3.06. The number of nitrogen functional groups attached to an aromatic ring is 1. The number of carbonyl (C=O) groups is 1. The number of rotatable bonds is 5. The van der Waals surface area contributed by atoms with Gasteiger partial charge in [0.15, 0.2) is 0 Å². The molecule has 17 heavy (non-hydrogen) atoms. The molecule has 7 heteroatoms. The molecular formula is C10H17N3O3S. The van der Waals surface area contributed by atoms with E-state index in [1.807, 2.05) is 6.92 Å². The highest BCUT2D eigenvalue weighted by Crippen LogP contribution is 2.10. The first-order valence-electron chi connectivity index (χ1n) is 5.25. The van der Waals surface area contributed by atoms with Crippen LogP contribution >= 0.6 is 0 Å². The summed E-state index contributed by atoms with van der Waals surface area (Å²) in [5.41, 5.74) is 6.55. The van der Waals surface area contributed by atoms with Crippen molar-refractivity contribution in [3.05, 3.63) is 18.0 Å². The lowest BCUT2D eigenvalue weighted by Crippen LogP contribution is -2.30. The van der Waals surface area contributed by atoms with Crippen molar-refractivity contribution in [3.63, 3.8) is 0 Å². The molecule has 1 heterocycles. The molecule has 0 aliphatic rings. The Hall–Kier alpha value is -1.50. The molecule has 3 N–H and O–H groups in total. The molecule has 0 saturated carbocycles. The molecule has 0 aliphatic heterocycles. The minimum Gasteiger partial charge on any atom is -0.397 e. The minimum absolute atomic E-state index is 0.0684. The fourth-order valence-corrected chi connectivity index (χ4v) is 1.90. The van der Waals surface area contributed by atoms with Gasteiger partial charge in [-0.05, 0) is 13.0 Å². The van der Waals surface area contributed by atoms with Crippen LogP contribution in [0.25, 0.3) is 0 Å². The molecule has 0 saturated heterocycles. The van der Waals surface area contributed by atoms with E-state index in [1.54, 1.807) is 16.8 Å². The summed E-state index contributed by atoms with van der Waals surface area (Å²) < 4.78 is 23.5. The van der Waals surface area contributed by atoms with Crippen LogP contribution in [0.15, 0.2) is 12.3 Å². The highest BCUT2D eigenvalue weighted by Gasteiger charge is 2.12. The van der Waals surface area contributed by atoms with E-state index >= 15 is 0 Å². The summed E-state index contributed by atoms with van der Waals surface area (Å²) in [5.74, 6) is -0.381. The summed E-state index contributed by atoms with van der Waals surface area (Å²) in [5, 5.41) is 2.55. The first kappa shape index (κ1) is 13.6. The summed E-state index contributed by atoms with van der Waals surface area (Å²) in [6.45, 7) is 2.63. The van der Waals surface area contributed by atoms with Crippen molar-refractivity contribution in [2.45, 2.75) is 13.5 Å². The molecule has 1 aromatic rings. The largest absolute Gasteiger partial charge is 0.397 e. The predicted octanol–water partition coefficient (Wildman–Crippen LogP) is -0.135. The molecule has 0 bridgehead atoms. The average molecular weight is 259 g/mol. The molecule has 6 nitrogen and oxygen atoms in total. The number of hydrogen-bond acceptors (Lipinski definition) is 4. The molecule has 96 valence electrons. The Labute approximate surface area is 101 Å². The van der Waals surface area contributed by atoms with Gasteiger partial charge in [-0.2, -0.15) is 0 Å². The van der Waals surface area contributed by atoms with Gasteiger partial charge in [-0.15, -0.1) is 0 Å². The summed E-state index contributed by atoms with van der Waals surface area (Å²) >= 11 is 0. The van der Waals surface area contributed by atoms with Crippen molar-refractivity contribution in [3.8, 4) is 0 Å². The van der Waals surface area contributed by atoms with Gasteiger partial charge < -0.3 is 15.6 Å². The maximum atomic E-state index is 11.7. The van der Waals surface area contributed by atoms with Crippen LogP contribution in [0.1, 0.15) is 17.4 Å².